The van der Waals surface area contributed by atoms with Crippen molar-refractivity contribution in [1.82, 2.24) is 5.32 Å². The van der Waals surface area contributed by atoms with Gasteiger partial charge in [0, 0.05) is 17.9 Å². The summed E-state index contributed by atoms with van der Waals surface area (Å²) in [5.41, 5.74) is 0.928. The molecule has 2 amide bonds. The first-order chi connectivity index (χ1) is 25.6. The van der Waals surface area contributed by atoms with Gasteiger partial charge in [-0.2, -0.15) is 0 Å². The van der Waals surface area contributed by atoms with Gasteiger partial charge in [0.15, 0.2) is 6.29 Å². The lowest BCUT2D eigenvalue weighted by atomic mass is 9.95. The fraction of sp³-hybridized carbons (Fsp3) is 0.488. The maximum atomic E-state index is 14.0. The molecule has 1 heterocycles. The molecule has 0 saturated carbocycles. The first-order valence-electron chi connectivity index (χ1n) is 18.0. The number of rotatable bonds is 16. The molecular formula is C41H54N2O11. The van der Waals surface area contributed by atoms with E-state index in [0.29, 0.717) is 18.0 Å². The van der Waals surface area contributed by atoms with Crippen molar-refractivity contribution in [3.05, 3.63) is 95.6 Å². The van der Waals surface area contributed by atoms with Gasteiger partial charge < -0.3 is 43.2 Å². The van der Waals surface area contributed by atoms with Gasteiger partial charge in [-0.15, -0.1) is 0 Å². The minimum absolute atomic E-state index is 0.0804. The van der Waals surface area contributed by atoms with E-state index in [1.807, 2.05) is 54.6 Å². The maximum absolute atomic E-state index is 14.0. The van der Waals surface area contributed by atoms with Crippen LogP contribution in [0.25, 0.3) is 0 Å². The van der Waals surface area contributed by atoms with Crippen molar-refractivity contribution in [2.45, 2.75) is 104 Å². The third-order valence-electron chi connectivity index (χ3n) is 7.85. The fourth-order valence-corrected chi connectivity index (χ4v) is 5.61. The van der Waals surface area contributed by atoms with Crippen LogP contribution < -0.4 is 15.4 Å². The molecule has 2 unspecified atom stereocenters. The van der Waals surface area contributed by atoms with Gasteiger partial charge in [0.05, 0.1) is 26.9 Å². The number of ether oxygens (including phenoxy) is 8. The molecule has 54 heavy (non-hydrogen) atoms. The summed E-state index contributed by atoms with van der Waals surface area (Å²) in [5, 5.41) is 5.67. The Morgan fingerprint density at radius 1 is 0.759 bits per heavy atom. The molecule has 1 saturated heterocycles. The quantitative estimate of drug-likeness (QED) is 0.156. The van der Waals surface area contributed by atoms with Gasteiger partial charge in [-0.05, 0) is 89.9 Å². The number of esters is 1. The largest absolute Gasteiger partial charge is 0.497 e. The summed E-state index contributed by atoms with van der Waals surface area (Å²) in [5.74, 6) is -0.420. The second-order valence-corrected chi connectivity index (χ2v) is 14.7. The molecule has 3 aromatic carbocycles. The molecule has 3 aromatic rings. The molecule has 0 radical (unpaired) electrons. The highest BCUT2D eigenvalue weighted by Gasteiger charge is 2.49. The molecule has 5 atom stereocenters. The summed E-state index contributed by atoms with van der Waals surface area (Å²) >= 11 is 0. The molecule has 13 heteroatoms. The first kappa shape index (κ1) is 42.2. The topological polar surface area (TPSA) is 149 Å². The van der Waals surface area contributed by atoms with E-state index in [0.717, 1.165) is 11.1 Å². The zero-order valence-corrected chi connectivity index (χ0v) is 32.4. The average Bonchev–Trinajstić information content (AvgIpc) is 3.10. The molecule has 13 nitrogen and oxygen atoms in total. The van der Waals surface area contributed by atoms with Crippen LogP contribution in [0.3, 0.4) is 0 Å². The van der Waals surface area contributed by atoms with E-state index in [2.05, 4.69) is 10.6 Å². The van der Waals surface area contributed by atoms with Crippen molar-refractivity contribution in [2.24, 2.45) is 0 Å². The van der Waals surface area contributed by atoms with E-state index in [4.69, 9.17) is 37.9 Å². The number of methoxy groups -OCH3 is 1. The van der Waals surface area contributed by atoms with Crippen LogP contribution in [-0.2, 0) is 51.2 Å². The van der Waals surface area contributed by atoms with Crippen LogP contribution in [0.2, 0.25) is 0 Å². The minimum atomic E-state index is -1.03. The Kier molecular flexibility index (Phi) is 15.4. The Morgan fingerprint density at radius 2 is 1.44 bits per heavy atom. The van der Waals surface area contributed by atoms with E-state index in [1.165, 1.54) is 6.07 Å². The van der Waals surface area contributed by atoms with Gasteiger partial charge in [-0.3, -0.25) is 10.1 Å². The van der Waals surface area contributed by atoms with E-state index >= 15 is 0 Å². The summed E-state index contributed by atoms with van der Waals surface area (Å²) < 4.78 is 47.9. The van der Waals surface area contributed by atoms with Crippen molar-refractivity contribution >= 4 is 23.7 Å². The second kappa shape index (κ2) is 19.7. The van der Waals surface area contributed by atoms with Gasteiger partial charge >= 0.3 is 12.1 Å². The first-order valence-corrected chi connectivity index (χ1v) is 18.0. The summed E-state index contributed by atoms with van der Waals surface area (Å²) in [6.07, 6.45) is -4.30. The van der Waals surface area contributed by atoms with E-state index < -0.39 is 66.4 Å². The normalized spacial score (nSPS) is 20.1. The molecule has 0 aromatic heterocycles. The number of hydrogen-bond acceptors (Lipinski definition) is 11. The van der Waals surface area contributed by atoms with Crippen molar-refractivity contribution < 1.29 is 52.3 Å². The van der Waals surface area contributed by atoms with Gasteiger partial charge in [0.2, 0.25) is 0 Å². The molecule has 0 spiro atoms. The van der Waals surface area contributed by atoms with E-state index in [1.54, 1.807) is 73.8 Å². The zero-order valence-electron chi connectivity index (χ0n) is 32.4. The predicted molar refractivity (Wildman–Crippen MR) is 201 cm³/mol. The molecule has 1 aliphatic heterocycles. The Balaban J connectivity index is 1.65. The number of hydrogen-bond donors (Lipinski definition) is 2. The van der Waals surface area contributed by atoms with Gasteiger partial charge in [0.1, 0.15) is 47.9 Å². The number of anilines is 1. The number of carbonyl (C=O) groups is 3. The molecule has 294 valence electrons. The van der Waals surface area contributed by atoms with Crippen LogP contribution in [0, 0.1) is 0 Å². The minimum Gasteiger partial charge on any atom is -0.497 e. The summed E-state index contributed by atoms with van der Waals surface area (Å²) in [6, 6.07) is 22.5. The monoisotopic (exact) mass is 750 g/mol. The van der Waals surface area contributed by atoms with Crippen molar-refractivity contribution in [2.75, 3.05) is 32.2 Å². The van der Waals surface area contributed by atoms with Crippen LogP contribution in [0.15, 0.2) is 78.9 Å². The lowest BCUT2D eigenvalue weighted by Gasteiger charge is -2.46. The van der Waals surface area contributed by atoms with Crippen LogP contribution in [0.1, 0.15) is 70.0 Å². The Bertz CT molecular complexity index is 1640. The second-order valence-electron chi connectivity index (χ2n) is 14.7. The third kappa shape index (κ3) is 13.7. The molecule has 0 aliphatic carbocycles. The predicted octanol–water partition coefficient (Wildman–Crippen LogP) is 6.43. The highest BCUT2D eigenvalue weighted by Crippen LogP contribution is 2.29. The van der Waals surface area contributed by atoms with E-state index in [-0.39, 0.29) is 25.4 Å². The summed E-state index contributed by atoms with van der Waals surface area (Å²) in [4.78, 5) is 39.4. The van der Waals surface area contributed by atoms with Crippen LogP contribution in [-0.4, -0.2) is 86.7 Å². The summed E-state index contributed by atoms with van der Waals surface area (Å²) in [7, 11) is 1.59. The van der Waals surface area contributed by atoms with Crippen molar-refractivity contribution in [1.29, 1.82) is 0 Å². The Hall–Kier alpha value is -4.53. The Morgan fingerprint density at radius 3 is 2.09 bits per heavy atom. The molecular weight excluding hydrogens is 696 g/mol. The molecule has 2 N–H and O–H groups in total. The zero-order chi connectivity index (χ0) is 39.3. The summed E-state index contributed by atoms with van der Waals surface area (Å²) in [6.45, 7) is 12.7. The molecule has 0 bridgehead atoms. The van der Waals surface area contributed by atoms with Crippen molar-refractivity contribution in [3.63, 3.8) is 0 Å². The van der Waals surface area contributed by atoms with Crippen LogP contribution in [0.4, 0.5) is 10.5 Å². The van der Waals surface area contributed by atoms with Gasteiger partial charge in [-0.1, -0.05) is 48.5 Å². The lowest BCUT2D eigenvalue weighted by molar-refractivity contribution is -0.287. The number of benzene rings is 3. The van der Waals surface area contributed by atoms with Gasteiger partial charge in [-0.25, -0.2) is 9.59 Å². The molecule has 1 aliphatic rings. The fourth-order valence-electron chi connectivity index (χ4n) is 5.61. The molecule has 4 rings (SSSR count). The third-order valence-corrected chi connectivity index (χ3v) is 7.85. The highest BCUT2D eigenvalue weighted by molar-refractivity contribution is 5.96. The van der Waals surface area contributed by atoms with Crippen LogP contribution in [0.5, 0.6) is 5.75 Å². The van der Waals surface area contributed by atoms with E-state index in [9.17, 15) is 14.4 Å². The molecule has 1 fully saturated rings. The number of nitrogens with one attached hydrogen (secondary N) is 2. The SMILES string of the molecule is CCO[C@@H]1OC(COCc2ccccc2)[C@H](OCc2ccc(OC)cc2)[C@H](OCC(=O)OC(C)(C)C)C1NC(=O)c1cccc(NC(=O)OC(C)(C)C)c1. The standard InChI is InChI=1S/C41H54N2O11/c1-9-49-38-34(43-37(45)29-16-13-17-30(22-29)42-39(46)54-41(5,6)7)36(51-26-33(44)53-40(2,3)4)35(50-24-28-18-20-31(47-8)21-19-28)32(52-38)25-48-23-27-14-11-10-12-15-27/h10-22,32,34-36,38H,9,23-26H2,1-8H3,(H,42,46)(H,43,45)/t32?,34?,35-,36+,38+/m0/s1. The lowest BCUT2D eigenvalue weighted by Crippen LogP contribution is -2.66. The number of amides is 2. The smallest absolute Gasteiger partial charge is 0.412 e. The van der Waals surface area contributed by atoms with Crippen molar-refractivity contribution in [3.8, 4) is 5.75 Å². The highest BCUT2D eigenvalue weighted by atomic mass is 16.7. The average molecular weight is 751 g/mol. The Labute approximate surface area is 317 Å². The number of carbonyl (C=O) groups excluding carboxylic acids is 3. The van der Waals surface area contributed by atoms with Crippen LogP contribution >= 0.6 is 0 Å². The van der Waals surface area contributed by atoms with Gasteiger partial charge in [0.25, 0.3) is 5.91 Å². The maximum Gasteiger partial charge on any atom is 0.412 e.